The second kappa shape index (κ2) is 7.99. The van der Waals surface area contributed by atoms with Gasteiger partial charge in [-0.25, -0.2) is 16.8 Å². The molecule has 0 saturated carbocycles. The number of hydrogen-bond donors (Lipinski definition) is 1. The molecule has 0 spiro atoms. The molecular formula is C20H16Cl2O5S2. The Labute approximate surface area is 179 Å². The maximum absolute atomic E-state index is 13.2. The highest BCUT2D eigenvalue weighted by molar-refractivity contribution is 7.92. The molecule has 0 radical (unpaired) electrons. The summed E-state index contributed by atoms with van der Waals surface area (Å²) in [6.45, 7) is 1.71. The topological polar surface area (TPSA) is 88.5 Å². The molecule has 29 heavy (non-hydrogen) atoms. The van der Waals surface area contributed by atoms with E-state index in [1.54, 1.807) is 6.92 Å². The zero-order valence-electron chi connectivity index (χ0n) is 15.1. The van der Waals surface area contributed by atoms with Crippen LogP contribution in [0.4, 0.5) is 0 Å². The van der Waals surface area contributed by atoms with Gasteiger partial charge < -0.3 is 5.11 Å². The van der Waals surface area contributed by atoms with E-state index in [-0.39, 0.29) is 21.1 Å². The van der Waals surface area contributed by atoms with E-state index in [4.69, 9.17) is 23.2 Å². The summed E-state index contributed by atoms with van der Waals surface area (Å²) in [5, 5.41) is 11.1. The number of benzene rings is 3. The Morgan fingerprint density at radius 2 is 1.14 bits per heavy atom. The quantitative estimate of drug-likeness (QED) is 0.570. The van der Waals surface area contributed by atoms with Crippen LogP contribution in [-0.4, -0.2) is 21.9 Å². The summed E-state index contributed by atoms with van der Waals surface area (Å²) < 4.78 is 52.3. The molecule has 0 heterocycles. The Hall–Kier alpha value is -2.06. The number of aryl methyl sites for hydroxylation is 1. The van der Waals surface area contributed by atoms with Crippen LogP contribution in [0.2, 0.25) is 10.0 Å². The third-order valence-electron chi connectivity index (χ3n) is 4.35. The molecule has 3 aromatic rings. The van der Waals surface area contributed by atoms with Crippen molar-refractivity contribution in [2.45, 2.75) is 32.9 Å². The van der Waals surface area contributed by atoms with Gasteiger partial charge in [0.2, 0.25) is 19.7 Å². The Morgan fingerprint density at radius 1 is 0.724 bits per heavy atom. The van der Waals surface area contributed by atoms with Gasteiger partial charge in [-0.15, -0.1) is 0 Å². The molecule has 152 valence electrons. The number of rotatable bonds is 5. The third-order valence-corrected chi connectivity index (χ3v) is 8.50. The molecule has 0 amide bonds. The lowest BCUT2D eigenvalue weighted by Crippen LogP contribution is -2.09. The number of hydrogen-bond acceptors (Lipinski definition) is 5. The zero-order chi connectivity index (χ0) is 21.4. The minimum atomic E-state index is -4.18. The molecule has 0 fully saturated rings. The number of phenolic OH excluding ortho intramolecular Hbond substituents is 1. The molecule has 9 heteroatoms. The van der Waals surface area contributed by atoms with Crippen molar-refractivity contribution in [3.05, 3.63) is 76.3 Å². The lowest BCUT2D eigenvalue weighted by molar-refractivity contribution is 0.456. The van der Waals surface area contributed by atoms with Gasteiger partial charge in [-0.2, -0.15) is 0 Å². The first-order valence-corrected chi connectivity index (χ1v) is 12.2. The van der Waals surface area contributed by atoms with E-state index in [1.165, 1.54) is 54.6 Å². The number of sulfone groups is 2. The molecule has 0 aliphatic rings. The summed E-state index contributed by atoms with van der Waals surface area (Å²) in [5.74, 6) is -0.521. The summed E-state index contributed by atoms with van der Waals surface area (Å²) in [5.41, 5.74) is 0.299. The first kappa shape index (κ1) is 21.6. The van der Waals surface area contributed by atoms with E-state index in [0.29, 0.717) is 15.6 Å². The molecule has 3 rings (SSSR count). The van der Waals surface area contributed by atoms with Gasteiger partial charge in [-0.3, -0.25) is 0 Å². The summed E-state index contributed by atoms with van der Waals surface area (Å²) in [6, 6.07) is 13.1. The van der Waals surface area contributed by atoms with E-state index in [1.807, 2.05) is 0 Å². The molecule has 0 atom stereocenters. The number of phenols is 1. The minimum Gasteiger partial charge on any atom is -0.507 e. The van der Waals surface area contributed by atoms with Gasteiger partial charge in [-0.1, -0.05) is 30.1 Å². The lowest BCUT2D eigenvalue weighted by Gasteiger charge is -2.14. The summed E-state index contributed by atoms with van der Waals surface area (Å²) >= 11 is 11.6. The van der Waals surface area contributed by atoms with Gasteiger partial charge in [0.25, 0.3) is 0 Å². The van der Waals surface area contributed by atoms with E-state index < -0.39 is 30.3 Å². The van der Waals surface area contributed by atoms with Crippen LogP contribution in [0.3, 0.4) is 0 Å². The van der Waals surface area contributed by atoms with Crippen LogP contribution in [0.1, 0.15) is 12.5 Å². The van der Waals surface area contributed by atoms with Crippen LogP contribution in [-0.2, 0) is 26.1 Å². The van der Waals surface area contributed by atoms with Gasteiger partial charge in [0.05, 0.1) is 14.7 Å². The Bertz CT molecular complexity index is 1270. The van der Waals surface area contributed by atoms with E-state index in [2.05, 4.69) is 0 Å². The number of aromatic hydroxyl groups is 1. The Balaban J connectivity index is 2.24. The van der Waals surface area contributed by atoms with Crippen molar-refractivity contribution in [2.75, 3.05) is 0 Å². The van der Waals surface area contributed by atoms with Crippen LogP contribution in [0.25, 0.3) is 0 Å². The maximum Gasteiger partial charge on any atom is 0.210 e. The fourth-order valence-electron chi connectivity index (χ4n) is 2.82. The highest BCUT2D eigenvalue weighted by atomic mass is 35.5. The highest BCUT2D eigenvalue weighted by Crippen LogP contribution is 2.36. The van der Waals surface area contributed by atoms with Crippen molar-refractivity contribution in [2.24, 2.45) is 0 Å². The molecule has 5 nitrogen and oxygen atoms in total. The van der Waals surface area contributed by atoms with Crippen LogP contribution in [0, 0.1) is 0 Å². The van der Waals surface area contributed by atoms with Crippen LogP contribution in [0.15, 0.2) is 80.2 Å². The summed E-state index contributed by atoms with van der Waals surface area (Å²) in [4.78, 5) is -0.828. The molecule has 0 aromatic heterocycles. The van der Waals surface area contributed by atoms with Gasteiger partial charge in [0.1, 0.15) is 10.6 Å². The van der Waals surface area contributed by atoms with Gasteiger partial charge in [-0.05, 0) is 72.6 Å². The van der Waals surface area contributed by atoms with Crippen molar-refractivity contribution in [3.63, 3.8) is 0 Å². The van der Waals surface area contributed by atoms with Crippen molar-refractivity contribution >= 4 is 42.9 Å². The average Bonchev–Trinajstić information content (AvgIpc) is 2.68. The summed E-state index contributed by atoms with van der Waals surface area (Å²) in [7, 11) is -8.22. The van der Waals surface area contributed by atoms with Crippen LogP contribution < -0.4 is 0 Å². The van der Waals surface area contributed by atoms with Crippen LogP contribution in [0.5, 0.6) is 5.75 Å². The van der Waals surface area contributed by atoms with Gasteiger partial charge in [0, 0.05) is 10.0 Å². The first-order chi connectivity index (χ1) is 13.6. The van der Waals surface area contributed by atoms with E-state index >= 15 is 0 Å². The maximum atomic E-state index is 13.2. The monoisotopic (exact) mass is 470 g/mol. The zero-order valence-corrected chi connectivity index (χ0v) is 18.3. The standard InChI is InChI=1S/C20H16Cl2O5S2/c1-2-13-11-18(23)20(29(26,27)17-9-5-15(22)6-10-17)12-19(13)28(24,25)16-7-3-14(21)4-8-16/h3-12,23H,2H2,1H3. The second-order valence-corrected chi connectivity index (χ2v) is 10.9. The van der Waals surface area contributed by atoms with Crippen molar-refractivity contribution in [1.29, 1.82) is 0 Å². The molecule has 0 bridgehead atoms. The normalized spacial score (nSPS) is 12.1. The lowest BCUT2D eigenvalue weighted by atomic mass is 10.1. The van der Waals surface area contributed by atoms with Gasteiger partial charge in [0.15, 0.2) is 0 Å². The summed E-state index contributed by atoms with van der Waals surface area (Å²) in [6.07, 6.45) is 0.275. The smallest absolute Gasteiger partial charge is 0.210 e. The predicted molar refractivity (Wildman–Crippen MR) is 111 cm³/mol. The molecule has 1 N–H and O–H groups in total. The molecule has 0 saturated heterocycles. The largest absolute Gasteiger partial charge is 0.507 e. The highest BCUT2D eigenvalue weighted by Gasteiger charge is 2.28. The van der Waals surface area contributed by atoms with Crippen molar-refractivity contribution in [3.8, 4) is 5.75 Å². The van der Waals surface area contributed by atoms with Gasteiger partial charge >= 0.3 is 0 Å². The minimum absolute atomic E-state index is 0.0304. The molecule has 3 aromatic carbocycles. The SMILES string of the molecule is CCc1cc(O)c(S(=O)(=O)c2ccc(Cl)cc2)cc1S(=O)(=O)c1ccc(Cl)cc1. The average molecular weight is 471 g/mol. The molecule has 0 unspecified atom stereocenters. The molecule has 0 aliphatic heterocycles. The number of halogens is 2. The van der Waals surface area contributed by atoms with Crippen LogP contribution >= 0.6 is 23.2 Å². The molecular weight excluding hydrogens is 455 g/mol. The fraction of sp³-hybridized carbons (Fsp3) is 0.100. The Morgan fingerprint density at radius 3 is 1.55 bits per heavy atom. The van der Waals surface area contributed by atoms with Crippen molar-refractivity contribution in [1.82, 2.24) is 0 Å². The third kappa shape index (κ3) is 4.14. The van der Waals surface area contributed by atoms with E-state index in [9.17, 15) is 21.9 Å². The van der Waals surface area contributed by atoms with E-state index in [0.717, 1.165) is 6.07 Å². The second-order valence-electron chi connectivity index (χ2n) is 6.20. The fourth-order valence-corrected chi connectivity index (χ4v) is 6.07. The van der Waals surface area contributed by atoms with Crippen molar-refractivity contribution < 1.29 is 21.9 Å². The molecule has 0 aliphatic carbocycles. The predicted octanol–water partition coefficient (Wildman–Crippen LogP) is 4.93. The first-order valence-electron chi connectivity index (χ1n) is 8.44. The Kier molecular flexibility index (Phi) is 5.96.